The van der Waals surface area contributed by atoms with Gasteiger partial charge in [-0.25, -0.2) is 4.99 Å². The number of guanidine groups is 1. The Morgan fingerprint density at radius 2 is 1.93 bits per heavy atom. The number of allylic oxidation sites excluding steroid dienone is 3. The fourth-order valence-corrected chi connectivity index (χ4v) is 5.27. The molecule has 0 unspecified atom stereocenters. The lowest BCUT2D eigenvalue weighted by Crippen LogP contribution is -2.50. The van der Waals surface area contributed by atoms with E-state index in [1.165, 1.54) is 40.8 Å². The highest BCUT2D eigenvalue weighted by Crippen LogP contribution is 2.43. The monoisotopic (exact) mass is 395 g/mol. The summed E-state index contributed by atoms with van der Waals surface area (Å²) in [6, 6.07) is 6.27. The molecule has 2 aliphatic heterocycles. The molecule has 0 amide bonds. The molecule has 1 saturated heterocycles. The Labute approximate surface area is 173 Å². The Bertz CT molecular complexity index is 885. The smallest absolute Gasteiger partial charge is 0.203 e. The minimum Gasteiger partial charge on any atom is -0.342 e. The van der Waals surface area contributed by atoms with Crippen LogP contribution in [0.5, 0.6) is 0 Å². The van der Waals surface area contributed by atoms with Crippen molar-refractivity contribution in [3.05, 3.63) is 70.0 Å². The molecule has 1 aromatic rings. The number of benzene rings is 1. The molecule has 0 saturated carbocycles. The van der Waals surface area contributed by atoms with Gasteiger partial charge in [-0.15, -0.1) is 0 Å². The van der Waals surface area contributed by atoms with E-state index < -0.39 is 0 Å². The molecule has 1 N–H and O–H groups in total. The van der Waals surface area contributed by atoms with E-state index in [-0.39, 0.29) is 5.41 Å². The molecule has 3 aliphatic rings. The van der Waals surface area contributed by atoms with Crippen LogP contribution in [0.25, 0.3) is 0 Å². The number of piperidine rings is 1. The van der Waals surface area contributed by atoms with Crippen LogP contribution in [0.3, 0.4) is 0 Å². The van der Waals surface area contributed by atoms with Crippen LogP contribution < -0.4 is 5.32 Å². The maximum Gasteiger partial charge on any atom is 0.203 e. The Hall–Kier alpha value is -2.00. The van der Waals surface area contributed by atoms with Crippen molar-refractivity contribution >= 4 is 17.6 Å². The first-order chi connectivity index (χ1) is 13.4. The van der Waals surface area contributed by atoms with Gasteiger partial charge in [0.25, 0.3) is 0 Å². The second-order valence-electron chi connectivity index (χ2n) is 8.48. The van der Waals surface area contributed by atoms with Crippen molar-refractivity contribution in [2.24, 2.45) is 4.99 Å². The van der Waals surface area contributed by atoms with E-state index in [9.17, 15) is 0 Å². The molecular formula is C24H30ClN3. The minimum absolute atomic E-state index is 0.00662. The van der Waals surface area contributed by atoms with Gasteiger partial charge < -0.3 is 10.2 Å². The molecule has 4 rings (SSSR count). The van der Waals surface area contributed by atoms with Crippen molar-refractivity contribution in [2.75, 3.05) is 13.1 Å². The summed E-state index contributed by atoms with van der Waals surface area (Å²) in [7, 11) is 0. The number of aliphatic imine (C=N–C) groups is 1. The molecule has 1 fully saturated rings. The minimum atomic E-state index is 0.00662. The lowest BCUT2D eigenvalue weighted by Gasteiger charge is -2.45. The van der Waals surface area contributed by atoms with Gasteiger partial charge in [-0.3, -0.25) is 0 Å². The molecule has 1 aliphatic carbocycles. The van der Waals surface area contributed by atoms with Gasteiger partial charge in [-0.2, -0.15) is 0 Å². The summed E-state index contributed by atoms with van der Waals surface area (Å²) in [6.45, 7) is 14.9. The maximum atomic E-state index is 6.21. The Balaban J connectivity index is 1.58. The van der Waals surface area contributed by atoms with Gasteiger partial charge in [0, 0.05) is 34.9 Å². The Morgan fingerprint density at radius 1 is 1.21 bits per heavy atom. The number of nitrogens with zero attached hydrogens (tertiary/aromatic N) is 2. The number of likely N-dealkylation sites (tertiary alicyclic amines) is 1. The van der Waals surface area contributed by atoms with Crippen LogP contribution in [0.4, 0.5) is 0 Å². The first-order valence-corrected chi connectivity index (χ1v) is 10.7. The third-order valence-electron chi connectivity index (χ3n) is 6.74. The molecule has 2 heterocycles. The number of hydrogen-bond donors (Lipinski definition) is 1. The average molecular weight is 396 g/mol. The number of hydrogen-bond acceptors (Lipinski definition) is 3. The Morgan fingerprint density at radius 3 is 2.61 bits per heavy atom. The number of aryl methyl sites for hydroxylation is 1. The van der Waals surface area contributed by atoms with Gasteiger partial charge in [-0.1, -0.05) is 36.4 Å². The van der Waals surface area contributed by atoms with Gasteiger partial charge in [0.05, 0.1) is 0 Å². The summed E-state index contributed by atoms with van der Waals surface area (Å²) in [5.41, 5.74) is 7.48. The van der Waals surface area contributed by atoms with Crippen LogP contribution in [-0.4, -0.2) is 23.9 Å². The quantitative estimate of drug-likeness (QED) is 0.635. The van der Waals surface area contributed by atoms with E-state index in [4.69, 9.17) is 16.6 Å². The van der Waals surface area contributed by atoms with Crippen LogP contribution in [0, 0.1) is 6.92 Å². The van der Waals surface area contributed by atoms with Crippen molar-refractivity contribution in [1.82, 2.24) is 10.2 Å². The molecular weight excluding hydrogens is 366 g/mol. The molecule has 0 spiro atoms. The van der Waals surface area contributed by atoms with Crippen molar-refractivity contribution in [3.8, 4) is 0 Å². The molecule has 0 aromatic heterocycles. The standard InChI is InChI=1S/C24H30ClN3/c1-16(2)24(21-10-9-19(25)15-17(21)3)11-13-28(14-12-24)23-26-18(4)20-7-5-6-8-22(20)27-23/h9-10,15H,1,4-8,11-14H2,2-3H3,(H,26,27). The summed E-state index contributed by atoms with van der Waals surface area (Å²) in [6.07, 6.45) is 6.72. The van der Waals surface area contributed by atoms with Crippen LogP contribution in [0.2, 0.25) is 5.02 Å². The van der Waals surface area contributed by atoms with E-state index in [1.54, 1.807) is 0 Å². The number of rotatable bonds is 2. The third-order valence-corrected chi connectivity index (χ3v) is 6.98. The Kier molecular flexibility index (Phi) is 5.13. The highest BCUT2D eigenvalue weighted by Gasteiger charge is 2.39. The van der Waals surface area contributed by atoms with Crippen molar-refractivity contribution in [2.45, 2.75) is 57.8 Å². The number of halogens is 1. The van der Waals surface area contributed by atoms with Crippen molar-refractivity contribution < 1.29 is 0 Å². The van der Waals surface area contributed by atoms with E-state index in [2.05, 4.69) is 49.4 Å². The fraction of sp³-hybridized carbons (Fsp3) is 0.458. The normalized spacial score (nSPS) is 21.8. The maximum absolute atomic E-state index is 6.21. The second kappa shape index (κ2) is 7.44. The summed E-state index contributed by atoms with van der Waals surface area (Å²) in [5.74, 6) is 0.980. The van der Waals surface area contributed by atoms with Crippen molar-refractivity contribution in [3.63, 3.8) is 0 Å². The highest BCUT2D eigenvalue weighted by molar-refractivity contribution is 6.30. The van der Waals surface area contributed by atoms with E-state index in [0.29, 0.717) is 0 Å². The summed E-state index contributed by atoms with van der Waals surface area (Å²) < 4.78 is 0. The molecule has 148 valence electrons. The zero-order valence-corrected chi connectivity index (χ0v) is 17.8. The lowest BCUT2D eigenvalue weighted by molar-refractivity contribution is 0.249. The summed E-state index contributed by atoms with van der Waals surface area (Å²) in [4.78, 5) is 7.37. The average Bonchev–Trinajstić information content (AvgIpc) is 2.68. The van der Waals surface area contributed by atoms with Gasteiger partial charge in [0.15, 0.2) is 0 Å². The van der Waals surface area contributed by atoms with E-state index >= 15 is 0 Å². The molecule has 0 radical (unpaired) electrons. The van der Waals surface area contributed by atoms with Crippen molar-refractivity contribution in [1.29, 1.82) is 0 Å². The fourth-order valence-electron chi connectivity index (χ4n) is 5.04. The van der Waals surface area contributed by atoms with Crippen LogP contribution >= 0.6 is 11.6 Å². The van der Waals surface area contributed by atoms with Crippen LogP contribution in [-0.2, 0) is 5.41 Å². The van der Waals surface area contributed by atoms with Gasteiger partial charge in [-0.05, 0) is 81.2 Å². The highest BCUT2D eigenvalue weighted by atomic mass is 35.5. The zero-order valence-electron chi connectivity index (χ0n) is 17.1. The van der Waals surface area contributed by atoms with Gasteiger partial charge in [0.2, 0.25) is 5.96 Å². The molecule has 28 heavy (non-hydrogen) atoms. The second-order valence-corrected chi connectivity index (χ2v) is 8.92. The topological polar surface area (TPSA) is 27.6 Å². The summed E-state index contributed by atoms with van der Waals surface area (Å²) >= 11 is 6.21. The molecule has 3 nitrogen and oxygen atoms in total. The van der Waals surface area contributed by atoms with Gasteiger partial charge in [0.1, 0.15) is 0 Å². The molecule has 0 bridgehead atoms. The first-order valence-electron chi connectivity index (χ1n) is 10.4. The predicted molar refractivity (Wildman–Crippen MR) is 119 cm³/mol. The lowest BCUT2D eigenvalue weighted by atomic mass is 9.67. The largest absolute Gasteiger partial charge is 0.342 e. The third kappa shape index (κ3) is 3.30. The van der Waals surface area contributed by atoms with Gasteiger partial charge >= 0.3 is 0 Å². The summed E-state index contributed by atoms with van der Waals surface area (Å²) in [5, 5.41) is 4.28. The predicted octanol–water partition coefficient (Wildman–Crippen LogP) is 5.86. The van der Waals surface area contributed by atoms with Crippen LogP contribution in [0.1, 0.15) is 56.6 Å². The van der Waals surface area contributed by atoms with E-state index in [1.807, 2.05) is 6.07 Å². The molecule has 0 atom stereocenters. The number of nitrogens with one attached hydrogen (secondary N) is 1. The zero-order chi connectivity index (χ0) is 19.9. The molecule has 1 aromatic carbocycles. The van der Waals surface area contributed by atoms with Crippen LogP contribution in [0.15, 0.2) is 58.9 Å². The first kappa shape index (κ1) is 19.3. The molecule has 4 heteroatoms. The SMILES string of the molecule is C=C1NC(N2CCC(C(=C)C)(c3ccc(Cl)cc3C)CC2)=NC2=C1CCCC2. The van der Waals surface area contributed by atoms with E-state index in [0.717, 1.165) is 55.5 Å².